The number of nitrogens with one attached hydrogen (secondary N) is 2. The van der Waals surface area contributed by atoms with Crippen molar-refractivity contribution < 1.29 is 9.53 Å². The topological polar surface area (TPSA) is 50.4 Å². The molecular weight excluding hydrogens is 383 g/mol. The fraction of sp³-hybridized carbons (Fsp3) is 0.611. The van der Waals surface area contributed by atoms with Crippen LogP contribution in [0.2, 0.25) is 10.0 Å². The van der Waals surface area contributed by atoms with E-state index in [0.29, 0.717) is 23.2 Å². The second kappa shape index (κ2) is 8.92. The average Bonchev–Trinajstić information content (AvgIpc) is 3.37. The van der Waals surface area contributed by atoms with Crippen LogP contribution in [0.3, 0.4) is 0 Å². The van der Waals surface area contributed by atoms with Gasteiger partial charge < -0.3 is 15.4 Å². The minimum absolute atomic E-state index is 0. The number of hydrogen-bond acceptors (Lipinski definition) is 3. The molecule has 1 saturated carbocycles. The van der Waals surface area contributed by atoms with Gasteiger partial charge in [0.2, 0.25) is 5.91 Å². The van der Waals surface area contributed by atoms with Crippen LogP contribution in [-0.4, -0.2) is 39.3 Å². The van der Waals surface area contributed by atoms with Crippen molar-refractivity contribution in [1.29, 1.82) is 0 Å². The molecule has 2 N–H and O–H groups in total. The smallest absolute Gasteiger partial charge is 0.223 e. The lowest BCUT2D eigenvalue weighted by atomic mass is 9.79. The van der Waals surface area contributed by atoms with Gasteiger partial charge in [-0.2, -0.15) is 0 Å². The zero-order chi connectivity index (χ0) is 17.2. The zero-order valence-corrected chi connectivity index (χ0v) is 16.6. The van der Waals surface area contributed by atoms with Crippen LogP contribution in [0.5, 0.6) is 0 Å². The average molecular weight is 408 g/mol. The Morgan fingerprint density at radius 1 is 1.32 bits per heavy atom. The van der Waals surface area contributed by atoms with Gasteiger partial charge in [0.15, 0.2) is 0 Å². The zero-order valence-electron chi connectivity index (χ0n) is 14.3. The minimum Gasteiger partial charge on any atom is -0.384 e. The van der Waals surface area contributed by atoms with Gasteiger partial charge in [0.25, 0.3) is 0 Å². The van der Waals surface area contributed by atoms with Crippen molar-refractivity contribution in [3.63, 3.8) is 0 Å². The largest absolute Gasteiger partial charge is 0.384 e. The Morgan fingerprint density at radius 3 is 2.68 bits per heavy atom. The third kappa shape index (κ3) is 5.01. The van der Waals surface area contributed by atoms with E-state index >= 15 is 0 Å². The molecule has 1 aliphatic carbocycles. The summed E-state index contributed by atoms with van der Waals surface area (Å²) in [7, 11) is 1.73. The third-order valence-corrected chi connectivity index (χ3v) is 5.99. The lowest BCUT2D eigenvalue weighted by Gasteiger charge is -2.37. The molecule has 25 heavy (non-hydrogen) atoms. The van der Waals surface area contributed by atoms with Crippen molar-refractivity contribution in [2.45, 2.75) is 25.2 Å². The highest BCUT2D eigenvalue weighted by atomic mass is 35.5. The normalized spacial score (nSPS) is 24.3. The van der Waals surface area contributed by atoms with Crippen LogP contribution in [0.15, 0.2) is 18.2 Å². The van der Waals surface area contributed by atoms with Gasteiger partial charge in [-0.25, -0.2) is 0 Å². The summed E-state index contributed by atoms with van der Waals surface area (Å²) in [6.45, 7) is 3.34. The Labute approximate surface area is 165 Å². The van der Waals surface area contributed by atoms with Gasteiger partial charge in [-0.3, -0.25) is 4.79 Å². The molecule has 0 aromatic heterocycles. The second-order valence-electron chi connectivity index (χ2n) is 7.02. The number of carbonyl (C=O) groups excluding carboxylic acids is 1. The SMILES string of the molecule is COCC1(CNC(=O)C2CC2c2ccc(Cl)c(Cl)c2)CCNCC1.Cl. The van der Waals surface area contributed by atoms with Gasteiger partial charge in [0.1, 0.15) is 0 Å². The first-order valence-electron chi connectivity index (χ1n) is 8.47. The van der Waals surface area contributed by atoms with Gasteiger partial charge in [-0.15, -0.1) is 12.4 Å². The van der Waals surface area contributed by atoms with E-state index in [9.17, 15) is 4.79 Å². The van der Waals surface area contributed by atoms with Crippen LogP contribution >= 0.6 is 35.6 Å². The number of hydrogen-bond donors (Lipinski definition) is 2. The first-order chi connectivity index (χ1) is 11.5. The first-order valence-corrected chi connectivity index (χ1v) is 9.23. The van der Waals surface area contributed by atoms with Crippen LogP contribution in [0.4, 0.5) is 0 Å². The summed E-state index contributed by atoms with van der Waals surface area (Å²) in [5.74, 6) is 0.440. The summed E-state index contributed by atoms with van der Waals surface area (Å²) in [5.41, 5.74) is 1.15. The van der Waals surface area contributed by atoms with Gasteiger partial charge >= 0.3 is 0 Å². The lowest BCUT2D eigenvalue weighted by molar-refractivity contribution is -0.123. The number of benzene rings is 1. The molecule has 0 bridgehead atoms. The quantitative estimate of drug-likeness (QED) is 0.757. The molecular formula is C18H25Cl3N2O2. The molecule has 140 valence electrons. The molecule has 4 nitrogen and oxygen atoms in total. The first kappa shape index (κ1) is 20.8. The van der Waals surface area contributed by atoms with E-state index in [1.165, 1.54) is 0 Å². The lowest BCUT2D eigenvalue weighted by Crippen LogP contribution is -2.47. The van der Waals surface area contributed by atoms with Crippen LogP contribution in [0.1, 0.15) is 30.7 Å². The number of halogens is 3. The summed E-state index contributed by atoms with van der Waals surface area (Å²) < 4.78 is 5.40. The second-order valence-corrected chi connectivity index (χ2v) is 7.84. The number of methoxy groups -OCH3 is 1. The summed E-state index contributed by atoms with van der Waals surface area (Å²) in [4.78, 5) is 12.5. The van der Waals surface area contributed by atoms with Gasteiger partial charge in [0.05, 0.1) is 16.7 Å². The number of ether oxygens (including phenoxy) is 1. The van der Waals surface area contributed by atoms with Crippen LogP contribution in [-0.2, 0) is 9.53 Å². The summed E-state index contributed by atoms with van der Waals surface area (Å²) >= 11 is 12.0. The molecule has 2 fully saturated rings. The maximum Gasteiger partial charge on any atom is 0.223 e. The van der Waals surface area contributed by atoms with Crippen LogP contribution in [0, 0.1) is 11.3 Å². The summed E-state index contributed by atoms with van der Waals surface area (Å²) in [5, 5.41) is 7.63. The minimum atomic E-state index is 0. The van der Waals surface area contributed by atoms with Gasteiger partial charge in [0, 0.05) is 25.0 Å². The molecule has 1 heterocycles. The summed E-state index contributed by atoms with van der Waals surface area (Å²) in [6.07, 6.45) is 2.94. The maximum atomic E-state index is 12.5. The van der Waals surface area contributed by atoms with Gasteiger partial charge in [-0.1, -0.05) is 29.3 Å². The van der Waals surface area contributed by atoms with Crippen LogP contribution < -0.4 is 10.6 Å². The molecule has 1 aliphatic heterocycles. The molecule has 3 rings (SSSR count). The fourth-order valence-electron chi connectivity index (χ4n) is 3.64. The van der Waals surface area contributed by atoms with E-state index in [4.69, 9.17) is 27.9 Å². The fourth-order valence-corrected chi connectivity index (χ4v) is 3.94. The molecule has 1 amide bonds. The summed E-state index contributed by atoms with van der Waals surface area (Å²) in [6, 6.07) is 5.64. The van der Waals surface area contributed by atoms with Crippen LogP contribution in [0.25, 0.3) is 0 Å². The van der Waals surface area contributed by atoms with E-state index in [1.807, 2.05) is 12.1 Å². The van der Waals surface area contributed by atoms with Crippen molar-refractivity contribution in [3.8, 4) is 0 Å². The highest BCUT2D eigenvalue weighted by Crippen LogP contribution is 2.48. The Kier molecular flexibility index (Phi) is 7.41. The molecule has 7 heteroatoms. The predicted octanol–water partition coefficient (Wildman–Crippen LogP) is 3.65. The Hall–Kier alpha value is -0.520. The molecule has 2 aliphatic rings. The van der Waals surface area contributed by atoms with E-state index in [2.05, 4.69) is 10.6 Å². The van der Waals surface area contributed by atoms with Crippen molar-refractivity contribution in [2.75, 3.05) is 33.4 Å². The number of amides is 1. The van der Waals surface area contributed by atoms with E-state index < -0.39 is 0 Å². The Balaban J connectivity index is 0.00000225. The molecule has 1 aromatic carbocycles. The predicted molar refractivity (Wildman–Crippen MR) is 104 cm³/mol. The molecule has 1 saturated heterocycles. The van der Waals surface area contributed by atoms with Crippen molar-refractivity contribution in [2.24, 2.45) is 11.3 Å². The van der Waals surface area contributed by atoms with Crippen molar-refractivity contribution in [3.05, 3.63) is 33.8 Å². The molecule has 0 radical (unpaired) electrons. The Bertz CT molecular complexity index is 600. The van der Waals surface area contributed by atoms with E-state index in [-0.39, 0.29) is 35.6 Å². The third-order valence-electron chi connectivity index (χ3n) is 5.25. The Morgan fingerprint density at radius 2 is 2.04 bits per heavy atom. The monoisotopic (exact) mass is 406 g/mol. The van der Waals surface area contributed by atoms with E-state index in [0.717, 1.165) is 37.9 Å². The van der Waals surface area contributed by atoms with Crippen molar-refractivity contribution >= 4 is 41.5 Å². The number of rotatable bonds is 6. The van der Waals surface area contributed by atoms with Crippen molar-refractivity contribution in [1.82, 2.24) is 10.6 Å². The maximum absolute atomic E-state index is 12.5. The van der Waals surface area contributed by atoms with E-state index in [1.54, 1.807) is 13.2 Å². The molecule has 1 aromatic rings. The highest BCUT2D eigenvalue weighted by Gasteiger charge is 2.44. The number of carbonyl (C=O) groups is 1. The molecule has 0 spiro atoms. The standard InChI is InChI=1S/C18H24Cl2N2O2.ClH/c1-24-11-18(4-6-21-7-5-18)10-22-17(23)14-9-13(14)12-2-3-15(19)16(20)8-12;/h2-3,8,13-14,21H,4-7,9-11H2,1H3,(H,22,23);1H. The molecule has 2 atom stereocenters. The molecule has 2 unspecified atom stereocenters. The highest BCUT2D eigenvalue weighted by molar-refractivity contribution is 6.42. The van der Waals surface area contributed by atoms with Gasteiger partial charge in [-0.05, 0) is 56.0 Å². The number of piperidine rings is 1.